The van der Waals surface area contributed by atoms with Gasteiger partial charge in [-0.05, 0) is 35.8 Å². The number of rotatable bonds is 2. The fourth-order valence-electron chi connectivity index (χ4n) is 0.794. The molecule has 1 aromatic heterocycles. The maximum atomic E-state index is 5.73. The summed E-state index contributed by atoms with van der Waals surface area (Å²) in [6.07, 6.45) is 1.62. The number of anilines is 1. The molecule has 0 aliphatic carbocycles. The van der Waals surface area contributed by atoms with Gasteiger partial charge in [-0.2, -0.15) is 0 Å². The lowest BCUT2D eigenvalue weighted by Crippen LogP contribution is -2.11. The monoisotopic (exact) mass is 248 g/mol. The predicted molar refractivity (Wildman–Crippen MR) is 55.7 cm³/mol. The van der Waals surface area contributed by atoms with Crippen molar-refractivity contribution in [2.24, 2.45) is 0 Å². The van der Waals surface area contributed by atoms with Crippen molar-refractivity contribution in [2.45, 2.75) is 19.9 Å². The maximum absolute atomic E-state index is 5.73. The summed E-state index contributed by atoms with van der Waals surface area (Å²) < 4.78 is 0.892. The molecule has 0 saturated carbocycles. The Balaban J connectivity index is 2.86. The molecule has 1 N–H and O–H groups in total. The van der Waals surface area contributed by atoms with E-state index >= 15 is 0 Å². The number of nitrogens with zero attached hydrogens (tertiary/aromatic N) is 1. The Morgan fingerprint density at radius 2 is 2.25 bits per heavy atom. The third-order valence-electron chi connectivity index (χ3n) is 1.23. The minimum Gasteiger partial charge on any atom is -0.367 e. The van der Waals surface area contributed by atoms with Crippen LogP contribution in [0.5, 0.6) is 0 Å². The summed E-state index contributed by atoms with van der Waals surface area (Å²) in [5.41, 5.74) is 0. The molecule has 0 fully saturated rings. The van der Waals surface area contributed by atoms with Gasteiger partial charge in [0.25, 0.3) is 0 Å². The highest BCUT2D eigenvalue weighted by Crippen LogP contribution is 2.23. The minimum absolute atomic E-state index is 0.370. The van der Waals surface area contributed by atoms with Crippen molar-refractivity contribution in [2.75, 3.05) is 5.32 Å². The van der Waals surface area contributed by atoms with Crippen LogP contribution in [-0.4, -0.2) is 11.0 Å². The van der Waals surface area contributed by atoms with Gasteiger partial charge in [-0.25, -0.2) is 4.98 Å². The van der Waals surface area contributed by atoms with E-state index in [1.165, 1.54) is 0 Å². The van der Waals surface area contributed by atoms with E-state index in [4.69, 9.17) is 11.6 Å². The van der Waals surface area contributed by atoms with E-state index in [0.717, 1.165) is 10.3 Å². The number of pyridine rings is 1. The lowest BCUT2D eigenvalue weighted by Gasteiger charge is -2.10. The highest BCUT2D eigenvalue weighted by molar-refractivity contribution is 9.10. The zero-order valence-corrected chi connectivity index (χ0v) is 9.28. The molecule has 0 bridgehead atoms. The number of hydrogen-bond acceptors (Lipinski definition) is 2. The second kappa shape index (κ2) is 4.10. The van der Waals surface area contributed by atoms with Gasteiger partial charge in [0.2, 0.25) is 0 Å². The summed E-state index contributed by atoms with van der Waals surface area (Å²) in [6, 6.07) is 2.19. The molecule has 0 saturated heterocycles. The van der Waals surface area contributed by atoms with Crippen LogP contribution in [0.15, 0.2) is 16.7 Å². The lowest BCUT2D eigenvalue weighted by molar-refractivity contribution is 0.887. The fourth-order valence-corrected chi connectivity index (χ4v) is 1.55. The number of halogens is 2. The fraction of sp³-hybridized carbons (Fsp3) is 0.375. The standard InChI is InChI=1S/C8H10BrClN2/c1-5(2)12-8-7(9)3-6(10)4-11-8/h3-5H,1-2H3,(H,11,12). The first kappa shape index (κ1) is 9.81. The Morgan fingerprint density at radius 3 is 2.75 bits per heavy atom. The first-order valence-corrected chi connectivity index (χ1v) is 4.84. The topological polar surface area (TPSA) is 24.9 Å². The van der Waals surface area contributed by atoms with Crippen LogP contribution in [0.1, 0.15) is 13.8 Å². The zero-order valence-electron chi connectivity index (χ0n) is 6.94. The SMILES string of the molecule is CC(C)Nc1ncc(Cl)cc1Br. The molecule has 2 nitrogen and oxygen atoms in total. The van der Waals surface area contributed by atoms with E-state index in [9.17, 15) is 0 Å². The van der Waals surface area contributed by atoms with Crippen LogP contribution in [0.3, 0.4) is 0 Å². The van der Waals surface area contributed by atoms with E-state index < -0.39 is 0 Å². The molecule has 1 aromatic rings. The largest absolute Gasteiger partial charge is 0.367 e. The number of hydrogen-bond donors (Lipinski definition) is 1. The highest BCUT2D eigenvalue weighted by Gasteiger charge is 2.02. The molecule has 1 heterocycles. The van der Waals surface area contributed by atoms with Gasteiger partial charge in [-0.15, -0.1) is 0 Å². The number of nitrogens with one attached hydrogen (secondary N) is 1. The van der Waals surface area contributed by atoms with Gasteiger partial charge < -0.3 is 5.32 Å². The molecular formula is C8H10BrClN2. The summed E-state index contributed by atoms with van der Waals surface area (Å²) in [4.78, 5) is 4.13. The molecule has 0 atom stereocenters. The van der Waals surface area contributed by atoms with E-state index in [1.54, 1.807) is 6.20 Å². The summed E-state index contributed by atoms with van der Waals surface area (Å²) in [7, 11) is 0. The van der Waals surface area contributed by atoms with Crippen LogP contribution in [0.25, 0.3) is 0 Å². The summed E-state index contributed by atoms with van der Waals surface area (Å²) in [5, 5.41) is 3.82. The van der Waals surface area contributed by atoms with Gasteiger partial charge in [0, 0.05) is 12.2 Å². The summed E-state index contributed by atoms with van der Waals surface area (Å²) in [6.45, 7) is 4.12. The molecule has 12 heavy (non-hydrogen) atoms. The van der Waals surface area contributed by atoms with Gasteiger partial charge >= 0.3 is 0 Å². The Bertz CT molecular complexity index is 276. The molecule has 1 rings (SSSR count). The van der Waals surface area contributed by atoms with Gasteiger partial charge in [0.1, 0.15) is 5.82 Å². The summed E-state index contributed by atoms with van der Waals surface area (Å²) >= 11 is 9.10. The van der Waals surface area contributed by atoms with Crippen molar-refractivity contribution in [1.82, 2.24) is 4.98 Å². The van der Waals surface area contributed by atoms with Crippen LogP contribution in [-0.2, 0) is 0 Å². The van der Waals surface area contributed by atoms with Crippen molar-refractivity contribution < 1.29 is 0 Å². The Morgan fingerprint density at radius 1 is 1.58 bits per heavy atom. The molecule has 0 spiro atoms. The van der Waals surface area contributed by atoms with Crippen molar-refractivity contribution in [3.05, 3.63) is 21.8 Å². The van der Waals surface area contributed by atoms with Crippen molar-refractivity contribution in [3.63, 3.8) is 0 Å². The molecular weight excluding hydrogens is 239 g/mol. The van der Waals surface area contributed by atoms with Crippen molar-refractivity contribution >= 4 is 33.3 Å². The smallest absolute Gasteiger partial charge is 0.140 e. The van der Waals surface area contributed by atoms with Crippen molar-refractivity contribution in [1.29, 1.82) is 0 Å². The lowest BCUT2D eigenvalue weighted by atomic mass is 10.4. The molecule has 0 aliphatic heterocycles. The zero-order chi connectivity index (χ0) is 9.14. The van der Waals surface area contributed by atoms with Gasteiger partial charge in [-0.3, -0.25) is 0 Å². The average molecular weight is 250 g/mol. The predicted octanol–water partition coefficient (Wildman–Crippen LogP) is 3.32. The van der Waals surface area contributed by atoms with Gasteiger partial charge in [0.05, 0.1) is 9.50 Å². The van der Waals surface area contributed by atoms with E-state index in [-0.39, 0.29) is 0 Å². The molecule has 0 amide bonds. The molecule has 0 radical (unpaired) electrons. The number of aromatic nitrogens is 1. The highest BCUT2D eigenvalue weighted by atomic mass is 79.9. The van der Waals surface area contributed by atoms with Crippen LogP contribution in [0.4, 0.5) is 5.82 Å². The first-order chi connectivity index (χ1) is 5.59. The first-order valence-electron chi connectivity index (χ1n) is 3.67. The Hall–Kier alpha value is -0.280. The molecule has 0 unspecified atom stereocenters. The molecule has 4 heteroatoms. The minimum atomic E-state index is 0.370. The normalized spacial score (nSPS) is 10.4. The van der Waals surface area contributed by atoms with Crippen LogP contribution in [0, 0.1) is 0 Å². The van der Waals surface area contributed by atoms with E-state index in [1.807, 2.05) is 6.07 Å². The second-order valence-electron chi connectivity index (χ2n) is 2.78. The van der Waals surface area contributed by atoms with Crippen LogP contribution in [0.2, 0.25) is 5.02 Å². The molecule has 0 aliphatic rings. The molecule has 0 aromatic carbocycles. The van der Waals surface area contributed by atoms with Crippen molar-refractivity contribution in [3.8, 4) is 0 Å². The Labute approximate surface area is 85.5 Å². The van der Waals surface area contributed by atoms with Crippen LogP contribution >= 0.6 is 27.5 Å². The average Bonchev–Trinajstić information content (AvgIpc) is 1.94. The molecule has 66 valence electrons. The van der Waals surface area contributed by atoms with E-state index in [2.05, 4.69) is 40.1 Å². The Kier molecular flexibility index (Phi) is 3.35. The third-order valence-corrected chi connectivity index (χ3v) is 2.04. The quantitative estimate of drug-likeness (QED) is 0.870. The second-order valence-corrected chi connectivity index (χ2v) is 4.07. The van der Waals surface area contributed by atoms with Crippen LogP contribution < -0.4 is 5.32 Å². The van der Waals surface area contributed by atoms with Gasteiger partial charge in [-0.1, -0.05) is 11.6 Å². The van der Waals surface area contributed by atoms with E-state index in [0.29, 0.717) is 11.1 Å². The van der Waals surface area contributed by atoms with Gasteiger partial charge in [0.15, 0.2) is 0 Å². The summed E-state index contributed by atoms with van der Waals surface area (Å²) in [5.74, 6) is 0.828. The third kappa shape index (κ3) is 2.64. The maximum Gasteiger partial charge on any atom is 0.140 e.